The first-order valence-electron chi connectivity index (χ1n) is 7.33. The molecule has 0 unspecified atom stereocenters. The fourth-order valence-electron chi connectivity index (χ4n) is 2.28. The number of rotatable bonds is 5. The first-order chi connectivity index (χ1) is 11.1. The van der Waals surface area contributed by atoms with Gasteiger partial charge in [-0.3, -0.25) is 0 Å². The van der Waals surface area contributed by atoms with Crippen LogP contribution in [0.5, 0.6) is 0 Å². The second kappa shape index (κ2) is 6.75. The van der Waals surface area contributed by atoms with E-state index in [1.54, 1.807) is 17.5 Å². The molecule has 118 valence electrons. The maximum Gasteiger partial charge on any atom is 0.142 e. The normalized spacial score (nSPS) is 11.7. The van der Waals surface area contributed by atoms with Gasteiger partial charge < -0.3 is 4.84 Å². The maximum atomic E-state index is 5.48. The van der Waals surface area contributed by atoms with E-state index in [0.29, 0.717) is 6.61 Å². The molecule has 3 aromatic rings. The van der Waals surface area contributed by atoms with Crippen molar-refractivity contribution in [1.82, 2.24) is 14.8 Å². The molecule has 0 saturated carbocycles. The van der Waals surface area contributed by atoms with Crippen LogP contribution in [0.25, 0.3) is 5.69 Å². The number of aryl methyl sites for hydroxylation is 2. The topological polar surface area (TPSA) is 52.3 Å². The second-order valence-corrected chi connectivity index (χ2v) is 6.42. The van der Waals surface area contributed by atoms with Crippen LogP contribution in [0.1, 0.15) is 28.1 Å². The number of nitrogens with zero attached hydrogens (tertiary/aromatic N) is 4. The number of oxime groups is 1. The monoisotopic (exact) mass is 326 g/mol. The van der Waals surface area contributed by atoms with Gasteiger partial charge in [-0.2, -0.15) is 5.10 Å². The average molecular weight is 326 g/mol. The molecule has 0 spiro atoms. The van der Waals surface area contributed by atoms with Crippen molar-refractivity contribution in [3.05, 3.63) is 63.9 Å². The fraction of sp³-hybridized carbons (Fsp3) is 0.235. The third-order valence-corrected chi connectivity index (χ3v) is 4.55. The quantitative estimate of drug-likeness (QED) is 0.528. The first kappa shape index (κ1) is 15.4. The summed E-state index contributed by atoms with van der Waals surface area (Å²) in [6.07, 6.45) is 3.68. The Hall–Kier alpha value is -2.47. The van der Waals surface area contributed by atoms with Crippen LogP contribution in [0.3, 0.4) is 0 Å². The Morgan fingerprint density at radius 3 is 2.65 bits per heavy atom. The SMILES string of the molecule is CC(=NOCc1ccc(-n2cccn2)cc1)c1sc(C)nc1C. The molecule has 2 aromatic heterocycles. The fourth-order valence-corrected chi connectivity index (χ4v) is 3.13. The summed E-state index contributed by atoms with van der Waals surface area (Å²) < 4.78 is 1.82. The molecule has 1 aromatic carbocycles. The van der Waals surface area contributed by atoms with E-state index in [2.05, 4.69) is 15.2 Å². The standard InChI is InChI=1S/C17H18N4OS/c1-12-17(23-14(3)19-12)13(2)20-22-11-15-5-7-16(8-6-15)21-10-4-9-18-21/h4-10H,11H2,1-3H3. The van der Waals surface area contributed by atoms with E-state index in [9.17, 15) is 0 Å². The summed E-state index contributed by atoms with van der Waals surface area (Å²) in [5, 5.41) is 9.45. The van der Waals surface area contributed by atoms with Gasteiger partial charge in [0.2, 0.25) is 0 Å². The lowest BCUT2D eigenvalue weighted by Crippen LogP contribution is -1.97. The predicted molar refractivity (Wildman–Crippen MR) is 92.2 cm³/mol. The van der Waals surface area contributed by atoms with E-state index >= 15 is 0 Å². The Kier molecular flexibility index (Phi) is 4.52. The van der Waals surface area contributed by atoms with Crippen molar-refractivity contribution >= 4 is 17.0 Å². The Morgan fingerprint density at radius 1 is 1.26 bits per heavy atom. The number of thiazole rings is 1. The smallest absolute Gasteiger partial charge is 0.142 e. The summed E-state index contributed by atoms with van der Waals surface area (Å²) in [4.78, 5) is 11.0. The van der Waals surface area contributed by atoms with Crippen molar-refractivity contribution < 1.29 is 4.84 Å². The average Bonchev–Trinajstić information content (AvgIpc) is 3.17. The molecule has 0 amide bonds. The molecule has 6 heteroatoms. The first-order valence-corrected chi connectivity index (χ1v) is 8.15. The summed E-state index contributed by atoms with van der Waals surface area (Å²) in [5.41, 5.74) is 3.95. The Balaban J connectivity index is 1.62. The minimum absolute atomic E-state index is 0.438. The van der Waals surface area contributed by atoms with Crippen LogP contribution in [0.4, 0.5) is 0 Å². The highest BCUT2D eigenvalue weighted by atomic mass is 32.1. The molecule has 0 aliphatic heterocycles. The molecule has 23 heavy (non-hydrogen) atoms. The van der Waals surface area contributed by atoms with Gasteiger partial charge in [0.25, 0.3) is 0 Å². The van der Waals surface area contributed by atoms with Gasteiger partial charge in [0.1, 0.15) is 6.61 Å². The molecule has 0 bridgehead atoms. The van der Waals surface area contributed by atoms with Crippen LogP contribution < -0.4 is 0 Å². The second-order valence-electron chi connectivity index (χ2n) is 5.21. The molecule has 0 aliphatic rings. The number of hydrogen-bond acceptors (Lipinski definition) is 5. The summed E-state index contributed by atoms with van der Waals surface area (Å²) in [5.74, 6) is 0. The van der Waals surface area contributed by atoms with Gasteiger partial charge in [-0.15, -0.1) is 11.3 Å². The zero-order valence-corrected chi connectivity index (χ0v) is 14.2. The van der Waals surface area contributed by atoms with Gasteiger partial charge in [-0.05, 0) is 44.5 Å². The molecule has 0 N–H and O–H groups in total. The number of aromatic nitrogens is 3. The largest absolute Gasteiger partial charge is 0.391 e. The number of hydrogen-bond donors (Lipinski definition) is 0. The van der Waals surface area contributed by atoms with Crippen LogP contribution in [0.2, 0.25) is 0 Å². The van der Waals surface area contributed by atoms with Crippen LogP contribution in [0.15, 0.2) is 47.9 Å². The molecule has 3 rings (SSSR count). The Labute approximate surface area is 139 Å². The van der Waals surface area contributed by atoms with Crippen LogP contribution in [-0.2, 0) is 11.4 Å². The summed E-state index contributed by atoms with van der Waals surface area (Å²) >= 11 is 1.64. The third kappa shape index (κ3) is 3.65. The van der Waals surface area contributed by atoms with Crippen molar-refractivity contribution in [2.24, 2.45) is 5.16 Å². The zero-order valence-electron chi connectivity index (χ0n) is 13.4. The molecule has 0 atom stereocenters. The van der Waals surface area contributed by atoms with E-state index in [1.807, 2.05) is 62.0 Å². The van der Waals surface area contributed by atoms with E-state index < -0.39 is 0 Å². The third-order valence-electron chi connectivity index (χ3n) is 3.37. The van der Waals surface area contributed by atoms with Gasteiger partial charge in [-0.1, -0.05) is 17.3 Å². The van der Waals surface area contributed by atoms with Crippen molar-refractivity contribution in [2.75, 3.05) is 0 Å². The van der Waals surface area contributed by atoms with Gasteiger partial charge >= 0.3 is 0 Å². The summed E-state index contributed by atoms with van der Waals surface area (Å²) in [6, 6.07) is 9.96. The molecular weight excluding hydrogens is 308 g/mol. The van der Waals surface area contributed by atoms with Crippen molar-refractivity contribution in [3.8, 4) is 5.69 Å². The van der Waals surface area contributed by atoms with Crippen molar-refractivity contribution in [2.45, 2.75) is 27.4 Å². The minimum atomic E-state index is 0.438. The lowest BCUT2D eigenvalue weighted by molar-refractivity contribution is 0.130. The molecular formula is C17H18N4OS. The Bertz CT molecular complexity index is 804. The molecule has 0 radical (unpaired) electrons. The van der Waals surface area contributed by atoms with Crippen LogP contribution in [-0.4, -0.2) is 20.5 Å². The molecule has 2 heterocycles. The molecule has 0 saturated heterocycles. The Morgan fingerprint density at radius 2 is 2.04 bits per heavy atom. The molecule has 5 nitrogen and oxygen atoms in total. The highest BCUT2D eigenvalue weighted by molar-refractivity contribution is 7.13. The lowest BCUT2D eigenvalue weighted by atomic mass is 10.2. The molecule has 0 aliphatic carbocycles. The van der Waals surface area contributed by atoms with E-state index in [1.165, 1.54) is 0 Å². The molecule has 0 fully saturated rings. The lowest BCUT2D eigenvalue weighted by Gasteiger charge is -2.04. The van der Waals surface area contributed by atoms with E-state index in [-0.39, 0.29) is 0 Å². The summed E-state index contributed by atoms with van der Waals surface area (Å²) in [6.45, 7) is 6.37. The van der Waals surface area contributed by atoms with Gasteiger partial charge in [0.15, 0.2) is 0 Å². The number of benzene rings is 1. The minimum Gasteiger partial charge on any atom is -0.391 e. The van der Waals surface area contributed by atoms with Gasteiger partial charge in [-0.25, -0.2) is 9.67 Å². The van der Waals surface area contributed by atoms with Crippen molar-refractivity contribution in [1.29, 1.82) is 0 Å². The maximum absolute atomic E-state index is 5.48. The predicted octanol–water partition coefficient (Wildman–Crippen LogP) is 3.89. The zero-order chi connectivity index (χ0) is 16.2. The van der Waals surface area contributed by atoms with E-state index in [0.717, 1.165) is 32.5 Å². The highest BCUT2D eigenvalue weighted by Crippen LogP contribution is 2.18. The van der Waals surface area contributed by atoms with Crippen LogP contribution >= 0.6 is 11.3 Å². The van der Waals surface area contributed by atoms with Crippen LogP contribution in [0, 0.1) is 13.8 Å². The van der Waals surface area contributed by atoms with Crippen molar-refractivity contribution in [3.63, 3.8) is 0 Å². The summed E-state index contributed by atoms with van der Waals surface area (Å²) in [7, 11) is 0. The highest BCUT2D eigenvalue weighted by Gasteiger charge is 2.08. The van der Waals surface area contributed by atoms with Gasteiger partial charge in [0.05, 0.1) is 27.0 Å². The van der Waals surface area contributed by atoms with Gasteiger partial charge in [0, 0.05) is 12.4 Å². The van der Waals surface area contributed by atoms with E-state index in [4.69, 9.17) is 4.84 Å².